The highest BCUT2D eigenvalue weighted by Crippen LogP contribution is 2.22. The van der Waals surface area contributed by atoms with Crippen LogP contribution in [0.15, 0.2) is 42.5 Å². The Morgan fingerprint density at radius 1 is 1.00 bits per heavy atom. The van der Waals surface area contributed by atoms with Crippen LogP contribution < -0.4 is 0 Å². The first-order valence-corrected chi connectivity index (χ1v) is 6.59. The summed E-state index contributed by atoms with van der Waals surface area (Å²) in [6.07, 6.45) is 2.76. The Morgan fingerprint density at radius 3 is 2.28 bits per heavy atom. The molecule has 0 aliphatic heterocycles. The first kappa shape index (κ1) is 13.1. The molecule has 0 aromatic heterocycles. The molecule has 0 amide bonds. The number of hydrogen-bond donors (Lipinski definition) is 0. The fourth-order valence-corrected chi connectivity index (χ4v) is 2.25. The van der Waals surface area contributed by atoms with Gasteiger partial charge in [-0.25, -0.2) is 4.39 Å². The van der Waals surface area contributed by atoms with Gasteiger partial charge in [-0.15, -0.1) is 0 Å². The highest BCUT2D eigenvalue weighted by atomic mass is 35.5. The van der Waals surface area contributed by atoms with Crippen LogP contribution >= 0.6 is 11.6 Å². The van der Waals surface area contributed by atoms with Gasteiger partial charge in [-0.1, -0.05) is 55.3 Å². The van der Waals surface area contributed by atoms with Crippen molar-refractivity contribution in [2.24, 2.45) is 0 Å². The van der Waals surface area contributed by atoms with Gasteiger partial charge >= 0.3 is 0 Å². The summed E-state index contributed by atoms with van der Waals surface area (Å²) in [5.41, 5.74) is 2.98. The van der Waals surface area contributed by atoms with E-state index in [1.54, 1.807) is 12.1 Å². The number of aryl methyl sites for hydroxylation is 1. The van der Waals surface area contributed by atoms with Gasteiger partial charge in [0.05, 0.1) is 0 Å². The number of hydrogen-bond acceptors (Lipinski definition) is 0. The van der Waals surface area contributed by atoms with E-state index in [0.29, 0.717) is 17.0 Å². The molecule has 0 spiro atoms. The first-order valence-electron chi connectivity index (χ1n) is 6.21. The van der Waals surface area contributed by atoms with Gasteiger partial charge in [-0.05, 0) is 29.7 Å². The molecule has 0 unspecified atom stereocenters. The second-order valence-corrected chi connectivity index (χ2v) is 4.85. The molecule has 0 aliphatic rings. The lowest BCUT2D eigenvalue weighted by Crippen LogP contribution is -1.94. The summed E-state index contributed by atoms with van der Waals surface area (Å²) in [4.78, 5) is 0. The van der Waals surface area contributed by atoms with Crippen LogP contribution in [0.5, 0.6) is 0 Å². The summed E-state index contributed by atoms with van der Waals surface area (Å²) in [7, 11) is 0. The second kappa shape index (κ2) is 6.01. The highest BCUT2D eigenvalue weighted by Gasteiger charge is 2.07. The van der Waals surface area contributed by atoms with Crippen LogP contribution in [0.3, 0.4) is 0 Å². The third-order valence-corrected chi connectivity index (χ3v) is 3.36. The largest absolute Gasteiger partial charge is 0.207 e. The maximum atomic E-state index is 13.7. The van der Waals surface area contributed by atoms with Crippen molar-refractivity contribution in [2.75, 3.05) is 0 Å². The fraction of sp³-hybridized carbons (Fsp3) is 0.250. The van der Waals surface area contributed by atoms with E-state index in [1.807, 2.05) is 12.1 Å². The Balaban J connectivity index is 2.18. The zero-order valence-electron chi connectivity index (χ0n) is 10.4. The van der Waals surface area contributed by atoms with E-state index in [-0.39, 0.29) is 5.82 Å². The van der Waals surface area contributed by atoms with Crippen molar-refractivity contribution in [1.82, 2.24) is 0 Å². The molecule has 0 N–H and O–H groups in total. The molecular formula is C16H16ClF. The van der Waals surface area contributed by atoms with E-state index in [0.717, 1.165) is 18.4 Å². The van der Waals surface area contributed by atoms with E-state index in [4.69, 9.17) is 11.6 Å². The van der Waals surface area contributed by atoms with Crippen LogP contribution in [0.1, 0.15) is 30.0 Å². The second-order valence-electron chi connectivity index (χ2n) is 4.44. The first-order chi connectivity index (χ1) is 8.70. The van der Waals surface area contributed by atoms with Gasteiger partial charge in [0, 0.05) is 17.0 Å². The molecule has 2 aromatic rings. The Labute approximate surface area is 112 Å². The van der Waals surface area contributed by atoms with Gasteiger partial charge in [0.1, 0.15) is 5.82 Å². The molecular weight excluding hydrogens is 247 g/mol. The molecule has 18 heavy (non-hydrogen) atoms. The normalized spacial score (nSPS) is 10.6. The van der Waals surface area contributed by atoms with Crippen molar-refractivity contribution in [1.29, 1.82) is 0 Å². The molecule has 0 fully saturated rings. The minimum Gasteiger partial charge on any atom is -0.207 e. The van der Waals surface area contributed by atoms with Crippen molar-refractivity contribution >= 4 is 11.6 Å². The number of rotatable bonds is 4. The van der Waals surface area contributed by atoms with Crippen LogP contribution in [0.2, 0.25) is 5.02 Å². The van der Waals surface area contributed by atoms with Crippen molar-refractivity contribution in [3.05, 3.63) is 70.0 Å². The van der Waals surface area contributed by atoms with Gasteiger partial charge in [0.15, 0.2) is 0 Å². The summed E-state index contributed by atoms with van der Waals surface area (Å²) in [6.45, 7) is 2.16. The van der Waals surface area contributed by atoms with Crippen LogP contribution in [0, 0.1) is 5.82 Å². The van der Waals surface area contributed by atoms with Gasteiger partial charge in [-0.3, -0.25) is 0 Å². The standard InChI is InChI=1S/C16H16ClF/c1-2-4-12-7-9-13(10-8-12)11-14-15(17)5-3-6-16(14)18/h3,5-10H,2,4,11H2,1H3. The maximum absolute atomic E-state index is 13.7. The molecule has 2 heteroatoms. The predicted molar refractivity (Wildman–Crippen MR) is 74.7 cm³/mol. The van der Waals surface area contributed by atoms with E-state index in [9.17, 15) is 4.39 Å². The topological polar surface area (TPSA) is 0 Å². The quantitative estimate of drug-likeness (QED) is 0.726. The Kier molecular flexibility index (Phi) is 4.38. The lowest BCUT2D eigenvalue weighted by atomic mass is 10.0. The molecule has 0 atom stereocenters. The predicted octanol–water partition coefficient (Wildman–Crippen LogP) is 5.02. The third kappa shape index (κ3) is 3.11. The van der Waals surface area contributed by atoms with Crippen molar-refractivity contribution in [2.45, 2.75) is 26.2 Å². The average Bonchev–Trinajstić information content (AvgIpc) is 2.36. The van der Waals surface area contributed by atoms with Gasteiger partial charge in [0.2, 0.25) is 0 Å². The summed E-state index contributed by atoms with van der Waals surface area (Å²) < 4.78 is 13.7. The van der Waals surface area contributed by atoms with Gasteiger partial charge in [0.25, 0.3) is 0 Å². The lowest BCUT2D eigenvalue weighted by Gasteiger charge is -2.07. The van der Waals surface area contributed by atoms with Crippen molar-refractivity contribution in [3.63, 3.8) is 0 Å². The Bertz CT molecular complexity index is 497. The molecule has 0 nitrogen and oxygen atoms in total. The zero-order valence-corrected chi connectivity index (χ0v) is 11.2. The molecule has 2 rings (SSSR count). The molecule has 0 saturated heterocycles. The minimum absolute atomic E-state index is 0.236. The van der Waals surface area contributed by atoms with E-state index >= 15 is 0 Å². The van der Waals surface area contributed by atoms with Crippen LogP contribution in [0.4, 0.5) is 4.39 Å². The molecule has 0 bridgehead atoms. The molecule has 94 valence electrons. The maximum Gasteiger partial charge on any atom is 0.128 e. The molecule has 2 aromatic carbocycles. The van der Waals surface area contributed by atoms with Gasteiger partial charge in [-0.2, -0.15) is 0 Å². The summed E-state index contributed by atoms with van der Waals surface area (Å²) >= 11 is 6.02. The molecule has 0 saturated carbocycles. The SMILES string of the molecule is CCCc1ccc(Cc2c(F)cccc2Cl)cc1. The van der Waals surface area contributed by atoms with Crippen LogP contribution in [-0.2, 0) is 12.8 Å². The van der Waals surface area contributed by atoms with Crippen LogP contribution in [0.25, 0.3) is 0 Å². The third-order valence-electron chi connectivity index (χ3n) is 3.00. The van der Waals surface area contributed by atoms with Crippen molar-refractivity contribution in [3.8, 4) is 0 Å². The van der Waals surface area contributed by atoms with Crippen LogP contribution in [-0.4, -0.2) is 0 Å². The number of benzene rings is 2. The zero-order chi connectivity index (χ0) is 13.0. The van der Waals surface area contributed by atoms with Gasteiger partial charge < -0.3 is 0 Å². The number of halogens is 2. The summed E-state index contributed by atoms with van der Waals surface area (Å²) in [6, 6.07) is 13.1. The summed E-state index contributed by atoms with van der Waals surface area (Å²) in [5.74, 6) is -0.236. The van der Waals surface area contributed by atoms with Crippen molar-refractivity contribution < 1.29 is 4.39 Å². The molecule has 0 heterocycles. The monoisotopic (exact) mass is 262 g/mol. The smallest absolute Gasteiger partial charge is 0.128 e. The molecule has 0 radical (unpaired) electrons. The van der Waals surface area contributed by atoms with E-state index in [2.05, 4.69) is 19.1 Å². The molecule has 0 aliphatic carbocycles. The average molecular weight is 263 g/mol. The fourth-order valence-electron chi connectivity index (χ4n) is 2.02. The lowest BCUT2D eigenvalue weighted by molar-refractivity contribution is 0.614. The van der Waals surface area contributed by atoms with E-state index < -0.39 is 0 Å². The Hall–Kier alpha value is -1.34. The van der Waals surface area contributed by atoms with E-state index in [1.165, 1.54) is 11.6 Å². The minimum atomic E-state index is -0.236. The highest BCUT2D eigenvalue weighted by molar-refractivity contribution is 6.31. The Morgan fingerprint density at radius 2 is 1.67 bits per heavy atom. The summed E-state index contributed by atoms with van der Waals surface area (Å²) in [5, 5.41) is 0.493.